The number of pyridine rings is 1. The third-order valence-electron chi connectivity index (χ3n) is 5.54. The van der Waals surface area contributed by atoms with Gasteiger partial charge in [-0.2, -0.15) is 0 Å². The van der Waals surface area contributed by atoms with Gasteiger partial charge in [-0.1, -0.05) is 36.4 Å². The Morgan fingerprint density at radius 3 is 2.60 bits per heavy atom. The Labute approximate surface area is 231 Å². The normalized spacial score (nSPS) is 15.2. The first-order chi connectivity index (χ1) is 19.1. The number of halogens is 1. The van der Waals surface area contributed by atoms with Crippen molar-refractivity contribution in [2.75, 3.05) is 0 Å². The van der Waals surface area contributed by atoms with Crippen molar-refractivity contribution in [3.63, 3.8) is 0 Å². The van der Waals surface area contributed by atoms with E-state index in [1.807, 2.05) is 30.3 Å². The first-order valence-corrected chi connectivity index (χ1v) is 12.7. The van der Waals surface area contributed by atoms with Crippen LogP contribution in [0, 0.1) is 5.82 Å². The van der Waals surface area contributed by atoms with E-state index in [2.05, 4.69) is 10.3 Å². The lowest BCUT2D eigenvalue weighted by Crippen LogP contribution is -2.33. The molecule has 2 unspecified atom stereocenters. The number of benzene rings is 2. The van der Waals surface area contributed by atoms with Crippen LogP contribution in [0.1, 0.15) is 49.2 Å². The van der Waals surface area contributed by atoms with E-state index < -0.39 is 35.7 Å². The van der Waals surface area contributed by atoms with Crippen LogP contribution in [0.4, 0.5) is 4.39 Å². The van der Waals surface area contributed by atoms with Crippen LogP contribution >= 0.6 is 0 Å². The molecule has 2 aromatic carbocycles. The molecule has 2 atom stereocenters. The lowest BCUT2D eigenvalue weighted by atomic mass is 10.1. The molecule has 0 aliphatic carbocycles. The number of carbonyl (C=O) groups is 2. The molecule has 40 heavy (non-hydrogen) atoms. The van der Waals surface area contributed by atoms with Crippen LogP contribution in [-0.4, -0.2) is 34.9 Å². The second kappa shape index (κ2) is 12.5. The molecule has 9 nitrogen and oxygen atoms in total. The highest BCUT2D eigenvalue weighted by Crippen LogP contribution is 2.24. The number of nitrogens with one attached hydrogen (secondary N) is 1. The molecule has 0 saturated heterocycles. The van der Waals surface area contributed by atoms with Crippen molar-refractivity contribution in [3.05, 3.63) is 102 Å². The Morgan fingerprint density at radius 2 is 1.88 bits per heavy atom. The first-order valence-electron chi connectivity index (χ1n) is 12.7. The lowest BCUT2D eigenvalue weighted by molar-refractivity contribution is -0.162. The summed E-state index contributed by atoms with van der Waals surface area (Å²) in [7, 11) is 0. The van der Waals surface area contributed by atoms with Gasteiger partial charge in [-0.05, 0) is 51.5 Å². The predicted octanol–water partition coefficient (Wildman–Crippen LogP) is 5.05. The molecule has 1 aliphatic heterocycles. The van der Waals surface area contributed by atoms with Gasteiger partial charge in [0.1, 0.15) is 22.7 Å². The smallest absolute Gasteiger partial charge is 0.347 e. The summed E-state index contributed by atoms with van der Waals surface area (Å²) in [6.45, 7) is 6.66. The molecule has 4 rings (SSSR count). The Hall–Kier alpha value is -4.60. The molecule has 2 heterocycles. The Morgan fingerprint density at radius 1 is 1.10 bits per heavy atom. The number of carbonyl (C=O) groups excluding carboxylic acids is 2. The van der Waals surface area contributed by atoms with Gasteiger partial charge in [-0.15, -0.1) is 0 Å². The largest absolute Gasteiger partial charge is 0.479 e. The maximum atomic E-state index is 14.7. The zero-order valence-corrected chi connectivity index (χ0v) is 22.7. The molecule has 0 bridgehead atoms. The average Bonchev–Trinajstić information content (AvgIpc) is 3.34. The predicted molar refractivity (Wildman–Crippen MR) is 143 cm³/mol. The summed E-state index contributed by atoms with van der Waals surface area (Å²) in [6.07, 6.45) is 1.81. The second-order valence-electron chi connectivity index (χ2n) is 10.00. The van der Waals surface area contributed by atoms with Gasteiger partial charge in [-0.25, -0.2) is 14.2 Å². The minimum atomic E-state index is -0.925. The summed E-state index contributed by atoms with van der Waals surface area (Å²) in [6, 6.07) is 16.9. The van der Waals surface area contributed by atoms with E-state index >= 15 is 0 Å². The molecule has 0 spiro atoms. The van der Waals surface area contributed by atoms with E-state index in [1.54, 1.807) is 26.8 Å². The van der Waals surface area contributed by atoms with Crippen LogP contribution < -0.4 is 14.8 Å². The fourth-order valence-electron chi connectivity index (χ4n) is 3.65. The van der Waals surface area contributed by atoms with E-state index in [4.69, 9.17) is 23.7 Å². The van der Waals surface area contributed by atoms with Gasteiger partial charge < -0.3 is 29.0 Å². The fraction of sp³-hybridized carbons (Fsp3) is 0.300. The first kappa shape index (κ1) is 28.4. The monoisotopic (exact) mass is 550 g/mol. The molecule has 210 valence electrons. The maximum Gasteiger partial charge on any atom is 0.347 e. The standard InChI is InChI=1S/C30H31FN2O7/c1-19(29(35)40-30(2,3)4)37-22-13-12-21(24(31)16-22)17-33-27(34)23-11-8-14-32-28(23)39-26-18-36-25(38-26)15-20-9-6-5-7-10-20/h5-14,16,18-19,25H,15,17H2,1-4H3,(H,33,34). The maximum absolute atomic E-state index is 14.7. The summed E-state index contributed by atoms with van der Waals surface area (Å²) in [5, 5.41) is 2.66. The number of amides is 1. The van der Waals surface area contributed by atoms with Gasteiger partial charge in [0.2, 0.25) is 12.2 Å². The Kier molecular flexibility index (Phi) is 8.88. The molecule has 0 fully saturated rings. The summed E-state index contributed by atoms with van der Waals surface area (Å²) in [5.74, 6) is -1.46. The molecule has 10 heteroatoms. The molecular formula is C30H31FN2O7. The number of hydrogen-bond donors (Lipinski definition) is 1. The number of nitrogens with zero attached hydrogens (tertiary/aromatic N) is 1. The zero-order valence-electron chi connectivity index (χ0n) is 22.7. The molecule has 1 aromatic heterocycles. The van der Waals surface area contributed by atoms with Crippen molar-refractivity contribution >= 4 is 11.9 Å². The zero-order chi connectivity index (χ0) is 28.7. The summed E-state index contributed by atoms with van der Waals surface area (Å²) in [4.78, 5) is 29.2. The topological polar surface area (TPSA) is 105 Å². The van der Waals surface area contributed by atoms with Crippen LogP contribution in [-0.2, 0) is 32.0 Å². The van der Waals surface area contributed by atoms with Crippen LogP contribution in [0.25, 0.3) is 0 Å². The van der Waals surface area contributed by atoms with Gasteiger partial charge in [0.25, 0.3) is 5.91 Å². The van der Waals surface area contributed by atoms with E-state index in [1.165, 1.54) is 37.6 Å². The van der Waals surface area contributed by atoms with E-state index in [0.717, 1.165) is 11.6 Å². The molecule has 1 aliphatic rings. The van der Waals surface area contributed by atoms with Crippen LogP contribution in [0.15, 0.2) is 79.1 Å². The second-order valence-corrected chi connectivity index (χ2v) is 10.00. The highest BCUT2D eigenvalue weighted by atomic mass is 19.1. The molecule has 0 radical (unpaired) electrons. The van der Waals surface area contributed by atoms with Crippen molar-refractivity contribution in [1.82, 2.24) is 10.3 Å². The Bertz CT molecular complexity index is 1370. The van der Waals surface area contributed by atoms with Crippen LogP contribution in [0.5, 0.6) is 11.6 Å². The number of hydrogen-bond acceptors (Lipinski definition) is 8. The van der Waals surface area contributed by atoms with Gasteiger partial charge in [0.05, 0.1) is 0 Å². The SMILES string of the molecule is CC(Oc1ccc(CNC(=O)c2cccnc2OC2=COC(Cc3ccccc3)O2)c(F)c1)C(=O)OC(C)(C)C. The van der Waals surface area contributed by atoms with E-state index in [9.17, 15) is 14.0 Å². The molecular weight excluding hydrogens is 519 g/mol. The average molecular weight is 551 g/mol. The van der Waals surface area contributed by atoms with Crippen molar-refractivity contribution in [1.29, 1.82) is 0 Å². The summed E-state index contributed by atoms with van der Waals surface area (Å²) >= 11 is 0. The fourth-order valence-corrected chi connectivity index (χ4v) is 3.65. The molecule has 3 aromatic rings. The third-order valence-corrected chi connectivity index (χ3v) is 5.54. The minimum Gasteiger partial charge on any atom is -0.479 e. The number of aromatic nitrogens is 1. The molecule has 1 amide bonds. The van der Waals surface area contributed by atoms with Crippen molar-refractivity contribution in [2.24, 2.45) is 0 Å². The molecule has 1 N–H and O–H groups in total. The minimum absolute atomic E-state index is 0.00978. The van der Waals surface area contributed by atoms with Crippen LogP contribution in [0.2, 0.25) is 0 Å². The van der Waals surface area contributed by atoms with Gasteiger partial charge in [0, 0.05) is 30.8 Å². The third kappa shape index (κ3) is 7.95. The van der Waals surface area contributed by atoms with Crippen molar-refractivity contribution in [3.8, 4) is 11.6 Å². The summed E-state index contributed by atoms with van der Waals surface area (Å²) < 4.78 is 42.4. The summed E-state index contributed by atoms with van der Waals surface area (Å²) in [5.41, 5.74) is 0.714. The quantitative estimate of drug-likeness (QED) is 0.350. The van der Waals surface area contributed by atoms with E-state index in [-0.39, 0.29) is 35.2 Å². The van der Waals surface area contributed by atoms with E-state index in [0.29, 0.717) is 6.42 Å². The van der Waals surface area contributed by atoms with Gasteiger partial charge in [0.15, 0.2) is 12.4 Å². The van der Waals surface area contributed by atoms with Crippen LogP contribution in [0.3, 0.4) is 0 Å². The Balaban J connectivity index is 1.32. The number of rotatable bonds is 10. The number of ether oxygens (including phenoxy) is 5. The van der Waals surface area contributed by atoms with Crippen molar-refractivity contribution < 1.29 is 37.7 Å². The van der Waals surface area contributed by atoms with Gasteiger partial charge >= 0.3 is 11.9 Å². The van der Waals surface area contributed by atoms with Crippen molar-refractivity contribution in [2.45, 2.75) is 58.7 Å². The number of esters is 1. The lowest BCUT2D eigenvalue weighted by Gasteiger charge is -2.22. The highest BCUT2D eigenvalue weighted by Gasteiger charge is 2.25. The molecule has 0 saturated carbocycles. The highest BCUT2D eigenvalue weighted by molar-refractivity contribution is 5.96. The van der Waals surface area contributed by atoms with Gasteiger partial charge in [-0.3, -0.25) is 4.79 Å².